The van der Waals surface area contributed by atoms with Gasteiger partial charge in [-0.05, 0) is 63.0 Å². The van der Waals surface area contributed by atoms with Gasteiger partial charge in [-0.25, -0.2) is 0 Å². The third-order valence-corrected chi connectivity index (χ3v) is 4.83. The molecule has 19 heavy (non-hydrogen) atoms. The zero-order valence-electron chi connectivity index (χ0n) is 11.1. The number of piperidine rings is 3. The molecule has 3 nitrogen and oxygen atoms in total. The van der Waals surface area contributed by atoms with Crippen molar-refractivity contribution in [3.63, 3.8) is 0 Å². The molecule has 3 aliphatic heterocycles. The first-order valence-electron chi connectivity index (χ1n) is 6.95. The van der Waals surface area contributed by atoms with Crippen molar-refractivity contribution in [1.82, 2.24) is 10.2 Å². The van der Waals surface area contributed by atoms with Crippen molar-refractivity contribution < 1.29 is 4.79 Å². The second-order valence-corrected chi connectivity index (χ2v) is 6.06. The fourth-order valence-corrected chi connectivity index (χ4v) is 3.51. The van der Waals surface area contributed by atoms with E-state index in [2.05, 4.69) is 17.1 Å². The van der Waals surface area contributed by atoms with E-state index in [9.17, 15) is 4.79 Å². The standard InChI is InChI=1S/C15H19ClN2O/c1-10-14(11-6-8-18(10)9-7-11)17-15(19)12-2-4-13(16)5-3-12/h2-5,10-11,14H,6-9H2,1H3,(H,17,19)/t10-,14+/m0/s1. The Hall–Kier alpha value is -1.06. The van der Waals surface area contributed by atoms with Gasteiger partial charge in [0.15, 0.2) is 0 Å². The first-order chi connectivity index (χ1) is 9.15. The van der Waals surface area contributed by atoms with Crippen LogP contribution in [0.3, 0.4) is 0 Å². The Bertz CT molecular complexity index is 464. The van der Waals surface area contributed by atoms with Crippen molar-refractivity contribution >= 4 is 17.5 Å². The van der Waals surface area contributed by atoms with Gasteiger partial charge in [-0.3, -0.25) is 9.69 Å². The third kappa shape index (κ3) is 2.49. The summed E-state index contributed by atoms with van der Waals surface area (Å²) in [5.41, 5.74) is 0.688. The van der Waals surface area contributed by atoms with E-state index >= 15 is 0 Å². The molecule has 4 heteroatoms. The average molecular weight is 279 g/mol. The molecule has 3 heterocycles. The van der Waals surface area contributed by atoms with Crippen molar-refractivity contribution in [2.45, 2.75) is 31.8 Å². The fraction of sp³-hybridized carbons (Fsp3) is 0.533. The van der Waals surface area contributed by atoms with Crippen LogP contribution in [0.1, 0.15) is 30.1 Å². The fourth-order valence-electron chi connectivity index (χ4n) is 3.38. The molecule has 0 saturated carbocycles. The molecule has 1 aromatic carbocycles. The van der Waals surface area contributed by atoms with Gasteiger partial charge in [0.1, 0.15) is 0 Å². The number of carbonyl (C=O) groups is 1. The number of nitrogens with one attached hydrogen (secondary N) is 1. The molecule has 0 spiro atoms. The van der Waals surface area contributed by atoms with Crippen LogP contribution in [0.25, 0.3) is 0 Å². The van der Waals surface area contributed by atoms with Crippen LogP contribution in [0.15, 0.2) is 24.3 Å². The van der Waals surface area contributed by atoms with Crippen molar-refractivity contribution in [2.24, 2.45) is 5.92 Å². The lowest BCUT2D eigenvalue weighted by Crippen LogP contribution is -2.62. The van der Waals surface area contributed by atoms with E-state index in [-0.39, 0.29) is 11.9 Å². The summed E-state index contributed by atoms with van der Waals surface area (Å²) in [5.74, 6) is 0.651. The predicted molar refractivity (Wildman–Crippen MR) is 76.5 cm³/mol. The summed E-state index contributed by atoms with van der Waals surface area (Å²) in [5, 5.41) is 3.87. The van der Waals surface area contributed by atoms with Crippen molar-refractivity contribution in [3.05, 3.63) is 34.9 Å². The quantitative estimate of drug-likeness (QED) is 0.902. The van der Waals surface area contributed by atoms with Crippen LogP contribution >= 0.6 is 11.6 Å². The lowest BCUT2D eigenvalue weighted by atomic mass is 9.79. The number of hydrogen-bond donors (Lipinski definition) is 1. The van der Waals surface area contributed by atoms with Gasteiger partial charge >= 0.3 is 0 Å². The number of nitrogens with zero attached hydrogens (tertiary/aromatic N) is 1. The van der Waals surface area contributed by atoms with Gasteiger partial charge in [0, 0.05) is 22.7 Å². The second-order valence-electron chi connectivity index (χ2n) is 5.62. The number of benzene rings is 1. The Kier molecular flexibility index (Phi) is 3.50. The number of fused-ring (bicyclic) bond motifs is 3. The number of rotatable bonds is 2. The Morgan fingerprint density at radius 1 is 1.26 bits per heavy atom. The lowest BCUT2D eigenvalue weighted by molar-refractivity contribution is 0.0217. The van der Waals surface area contributed by atoms with Gasteiger partial charge in [-0.1, -0.05) is 11.6 Å². The van der Waals surface area contributed by atoms with Crippen LogP contribution in [0.5, 0.6) is 0 Å². The maximum atomic E-state index is 12.3. The summed E-state index contributed by atoms with van der Waals surface area (Å²) in [7, 11) is 0. The monoisotopic (exact) mass is 278 g/mol. The zero-order valence-corrected chi connectivity index (χ0v) is 11.9. The first kappa shape index (κ1) is 12.9. The highest BCUT2D eigenvalue weighted by atomic mass is 35.5. The minimum absolute atomic E-state index is 0.0160. The van der Waals surface area contributed by atoms with E-state index in [4.69, 9.17) is 11.6 Å². The highest BCUT2D eigenvalue weighted by molar-refractivity contribution is 6.30. The summed E-state index contributed by atoms with van der Waals surface area (Å²) in [6, 6.07) is 7.81. The molecule has 1 N–H and O–H groups in total. The smallest absolute Gasteiger partial charge is 0.251 e. The number of hydrogen-bond acceptors (Lipinski definition) is 2. The normalized spacial score (nSPS) is 33.2. The van der Waals surface area contributed by atoms with E-state index in [1.54, 1.807) is 24.3 Å². The summed E-state index contributed by atoms with van der Waals surface area (Å²) < 4.78 is 0. The van der Waals surface area contributed by atoms with Crippen LogP contribution in [-0.2, 0) is 0 Å². The predicted octanol–water partition coefficient (Wildman–Crippen LogP) is 2.55. The van der Waals surface area contributed by atoms with Crippen LogP contribution in [0, 0.1) is 5.92 Å². The zero-order chi connectivity index (χ0) is 13.4. The molecule has 3 aliphatic rings. The molecule has 3 fully saturated rings. The molecule has 1 amide bonds. The van der Waals surface area contributed by atoms with E-state index in [0.717, 1.165) is 0 Å². The van der Waals surface area contributed by atoms with E-state index in [0.29, 0.717) is 22.5 Å². The molecule has 1 aromatic rings. The third-order valence-electron chi connectivity index (χ3n) is 4.58. The molecule has 4 rings (SSSR count). The first-order valence-corrected chi connectivity index (χ1v) is 7.33. The van der Waals surface area contributed by atoms with Gasteiger partial charge < -0.3 is 5.32 Å². The molecule has 0 aromatic heterocycles. The van der Waals surface area contributed by atoms with Gasteiger partial charge in [0.2, 0.25) is 0 Å². The Balaban J connectivity index is 1.71. The van der Waals surface area contributed by atoms with Gasteiger partial charge in [0.25, 0.3) is 5.91 Å². The van der Waals surface area contributed by atoms with Crippen LogP contribution in [0.2, 0.25) is 5.02 Å². The number of carbonyl (C=O) groups excluding carboxylic acids is 1. The van der Waals surface area contributed by atoms with Gasteiger partial charge in [-0.2, -0.15) is 0 Å². The molecule has 0 aliphatic carbocycles. The van der Waals surface area contributed by atoms with Crippen molar-refractivity contribution in [2.75, 3.05) is 13.1 Å². The Morgan fingerprint density at radius 2 is 1.89 bits per heavy atom. The lowest BCUT2D eigenvalue weighted by Gasteiger charge is -2.49. The van der Waals surface area contributed by atoms with Crippen LogP contribution < -0.4 is 5.32 Å². The summed E-state index contributed by atoms with van der Waals surface area (Å²) in [6.07, 6.45) is 2.41. The topological polar surface area (TPSA) is 32.3 Å². The van der Waals surface area contributed by atoms with Gasteiger partial charge in [-0.15, -0.1) is 0 Å². The Morgan fingerprint density at radius 3 is 2.47 bits per heavy atom. The molecule has 2 atom stereocenters. The molecule has 0 radical (unpaired) electrons. The minimum atomic E-state index is 0.0160. The van der Waals surface area contributed by atoms with E-state index < -0.39 is 0 Å². The minimum Gasteiger partial charge on any atom is -0.347 e. The summed E-state index contributed by atoms with van der Waals surface area (Å²) in [6.45, 7) is 4.58. The SMILES string of the molecule is C[C@H]1[C@@H](NC(=O)c2ccc(Cl)cc2)C2CCN1CC2. The maximum absolute atomic E-state index is 12.3. The molecule has 102 valence electrons. The number of halogens is 1. The van der Waals surface area contributed by atoms with Crippen molar-refractivity contribution in [1.29, 1.82) is 0 Å². The molecular weight excluding hydrogens is 260 g/mol. The average Bonchev–Trinajstić information content (AvgIpc) is 2.44. The van der Waals surface area contributed by atoms with Crippen LogP contribution in [0.4, 0.5) is 0 Å². The maximum Gasteiger partial charge on any atom is 0.251 e. The molecule has 0 unspecified atom stereocenters. The summed E-state index contributed by atoms with van der Waals surface area (Å²) >= 11 is 5.84. The van der Waals surface area contributed by atoms with E-state index in [1.807, 2.05) is 0 Å². The highest BCUT2D eigenvalue weighted by Gasteiger charge is 2.40. The molecular formula is C15H19ClN2O. The largest absolute Gasteiger partial charge is 0.347 e. The van der Waals surface area contributed by atoms with Crippen LogP contribution in [-0.4, -0.2) is 36.0 Å². The second kappa shape index (κ2) is 5.14. The number of amides is 1. The Labute approximate surface area is 118 Å². The highest BCUT2D eigenvalue weighted by Crippen LogP contribution is 2.32. The van der Waals surface area contributed by atoms with Crippen molar-refractivity contribution in [3.8, 4) is 0 Å². The molecule has 2 bridgehead atoms. The van der Waals surface area contributed by atoms with E-state index in [1.165, 1.54) is 25.9 Å². The molecule has 3 saturated heterocycles. The summed E-state index contributed by atoms with van der Waals surface area (Å²) in [4.78, 5) is 14.8. The van der Waals surface area contributed by atoms with Gasteiger partial charge in [0.05, 0.1) is 0 Å².